The maximum absolute atomic E-state index is 8.65. The van der Waals surface area contributed by atoms with Crippen molar-refractivity contribution in [3.8, 4) is 0 Å². The van der Waals surface area contributed by atoms with Crippen LogP contribution in [-0.2, 0) is 0 Å². The van der Waals surface area contributed by atoms with Gasteiger partial charge >= 0.3 is 7.12 Å². The number of unbranched alkanes of at least 4 members (excludes halogenated alkanes) is 3. The summed E-state index contributed by atoms with van der Waals surface area (Å²) < 4.78 is 0. The fourth-order valence-electron chi connectivity index (χ4n) is 1.46. The van der Waals surface area contributed by atoms with Crippen LogP contribution in [0.1, 0.15) is 39.0 Å². The second-order valence-electron chi connectivity index (χ2n) is 3.99. The quantitative estimate of drug-likeness (QED) is 0.437. The van der Waals surface area contributed by atoms with Crippen molar-refractivity contribution in [1.29, 1.82) is 0 Å². The van der Waals surface area contributed by atoms with Crippen LogP contribution < -0.4 is 0 Å². The van der Waals surface area contributed by atoms with E-state index < -0.39 is 7.12 Å². The molecule has 0 fully saturated rings. The van der Waals surface area contributed by atoms with Gasteiger partial charge in [0.2, 0.25) is 0 Å². The van der Waals surface area contributed by atoms with Gasteiger partial charge in [-0.25, -0.2) is 0 Å². The lowest BCUT2D eigenvalue weighted by Crippen LogP contribution is -2.22. The highest BCUT2D eigenvalue weighted by molar-refractivity contribution is 6.40. The van der Waals surface area contributed by atoms with E-state index in [1.807, 2.05) is 0 Å². The Morgan fingerprint density at radius 2 is 1.64 bits per heavy atom. The molecule has 0 bridgehead atoms. The molecule has 0 atom stereocenters. The van der Waals surface area contributed by atoms with Crippen LogP contribution in [0.15, 0.2) is 0 Å². The topological polar surface area (TPSA) is 43.7 Å². The first-order chi connectivity index (χ1) is 6.66. The molecule has 14 heavy (non-hydrogen) atoms. The Labute approximate surface area is 88.3 Å². The van der Waals surface area contributed by atoms with Crippen LogP contribution in [0.4, 0.5) is 0 Å². The van der Waals surface area contributed by atoms with Crippen LogP contribution in [0.5, 0.6) is 0 Å². The summed E-state index contributed by atoms with van der Waals surface area (Å²) in [5.41, 5.74) is 0. The first-order valence-electron chi connectivity index (χ1n) is 5.71. The van der Waals surface area contributed by atoms with Crippen LogP contribution in [0, 0.1) is 0 Å². The zero-order valence-corrected chi connectivity index (χ0v) is 9.58. The predicted molar refractivity (Wildman–Crippen MR) is 61.3 cm³/mol. The third-order valence-electron chi connectivity index (χ3n) is 2.40. The molecule has 0 aliphatic carbocycles. The zero-order chi connectivity index (χ0) is 10.8. The molecule has 4 heteroatoms. The molecule has 0 saturated heterocycles. The summed E-state index contributed by atoms with van der Waals surface area (Å²) in [4.78, 5) is 2.26. The van der Waals surface area contributed by atoms with Crippen molar-refractivity contribution in [3.05, 3.63) is 0 Å². The average Bonchev–Trinajstić information content (AvgIpc) is 2.12. The average molecular weight is 201 g/mol. The van der Waals surface area contributed by atoms with E-state index in [0.717, 1.165) is 19.5 Å². The molecule has 3 nitrogen and oxygen atoms in total. The minimum Gasteiger partial charge on any atom is -0.427 e. The Bertz CT molecular complexity index is 123. The molecular formula is C10H24BNO2. The van der Waals surface area contributed by atoms with Gasteiger partial charge in [-0.3, -0.25) is 0 Å². The minimum absolute atomic E-state index is 0.485. The summed E-state index contributed by atoms with van der Waals surface area (Å²) in [6, 6.07) is 0. The van der Waals surface area contributed by atoms with Gasteiger partial charge in [-0.15, -0.1) is 0 Å². The predicted octanol–water partition coefficient (Wildman–Crippen LogP) is 1.36. The molecule has 0 spiro atoms. The van der Waals surface area contributed by atoms with Gasteiger partial charge in [0.15, 0.2) is 0 Å². The minimum atomic E-state index is -1.14. The highest BCUT2D eigenvalue weighted by atomic mass is 16.4. The molecule has 0 rings (SSSR count). The van der Waals surface area contributed by atoms with Gasteiger partial charge in [0.1, 0.15) is 0 Å². The Hall–Kier alpha value is -0.0551. The van der Waals surface area contributed by atoms with Gasteiger partial charge in [0.25, 0.3) is 0 Å². The van der Waals surface area contributed by atoms with E-state index in [1.54, 1.807) is 0 Å². The lowest BCUT2D eigenvalue weighted by Gasteiger charge is -2.15. The van der Waals surface area contributed by atoms with E-state index in [4.69, 9.17) is 10.0 Å². The first kappa shape index (κ1) is 13.9. The van der Waals surface area contributed by atoms with Crippen LogP contribution in [-0.4, -0.2) is 42.2 Å². The van der Waals surface area contributed by atoms with E-state index in [1.165, 1.54) is 25.7 Å². The van der Waals surface area contributed by atoms with Crippen LogP contribution >= 0.6 is 0 Å². The Kier molecular flexibility index (Phi) is 9.46. The van der Waals surface area contributed by atoms with Gasteiger partial charge in [-0.1, -0.05) is 26.2 Å². The van der Waals surface area contributed by atoms with Gasteiger partial charge in [-0.05, 0) is 39.3 Å². The van der Waals surface area contributed by atoms with E-state index in [0.29, 0.717) is 6.32 Å². The number of hydrogen-bond acceptors (Lipinski definition) is 3. The second kappa shape index (κ2) is 9.50. The maximum atomic E-state index is 8.65. The van der Waals surface area contributed by atoms with E-state index in [-0.39, 0.29) is 0 Å². The van der Waals surface area contributed by atoms with E-state index in [9.17, 15) is 0 Å². The standard InChI is InChI=1S/C10H24BNO2/c1-3-4-5-6-9-12(2)10-7-8-11(13)14/h13-14H,3-10H2,1-2H3. The largest absolute Gasteiger partial charge is 0.451 e. The molecule has 0 radical (unpaired) electrons. The highest BCUT2D eigenvalue weighted by Crippen LogP contribution is 2.01. The van der Waals surface area contributed by atoms with Crippen LogP contribution in [0.3, 0.4) is 0 Å². The molecule has 0 aromatic rings. The summed E-state index contributed by atoms with van der Waals surface area (Å²) >= 11 is 0. The molecule has 0 saturated carbocycles. The summed E-state index contributed by atoms with van der Waals surface area (Å²) in [7, 11) is 0.957. The third-order valence-corrected chi connectivity index (χ3v) is 2.40. The molecule has 0 aromatic carbocycles. The molecule has 0 heterocycles. The fraction of sp³-hybridized carbons (Fsp3) is 1.00. The number of rotatable bonds is 9. The normalized spacial score (nSPS) is 10.9. The summed E-state index contributed by atoms with van der Waals surface area (Å²) in [5.74, 6) is 0. The highest BCUT2D eigenvalue weighted by Gasteiger charge is 2.06. The lowest BCUT2D eigenvalue weighted by atomic mass is 9.84. The van der Waals surface area contributed by atoms with Crippen molar-refractivity contribution in [2.45, 2.75) is 45.3 Å². The van der Waals surface area contributed by atoms with Gasteiger partial charge in [-0.2, -0.15) is 0 Å². The van der Waals surface area contributed by atoms with Crippen molar-refractivity contribution in [2.24, 2.45) is 0 Å². The number of nitrogens with zero attached hydrogens (tertiary/aromatic N) is 1. The first-order valence-corrected chi connectivity index (χ1v) is 5.71. The summed E-state index contributed by atoms with van der Waals surface area (Å²) in [6.45, 7) is 4.30. The Morgan fingerprint density at radius 1 is 1.00 bits per heavy atom. The van der Waals surface area contributed by atoms with E-state index in [2.05, 4.69) is 18.9 Å². The molecule has 0 aliphatic heterocycles. The Morgan fingerprint density at radius 3 is 2.21 bits per heavy atom. The molecule has 0 aliphatic rings. The van der Waals surface area contributed by atoms with Gasteiger partial charge in [0, 0.05) is 0 Å². The lowest BCUT2D eigenvalue weighted by molar-refractivity contribution is 0.318. The van der Waals surface area contributed by atoms with Crippen molar-refractivity contribution in [3.63, 3.8) is 0 Å². The van der Waals surface area contributed by atoms with Crippen molar-refractivity contribution >= 4 is 7.12 Å². The maximum Gasteiger partial charge on any atom is 0.451 e. The SMILES string of the molecule is CCCCCCN(C)CCCB(O)O. The number of hydrogen-bond donors (Lipinski definition) is 2. The molecule has 84 valence electrons. The van der Waals surface area contributed by atoms with Crippen molar-refractivity contribution in [2.75, 3.05) is 20.1 Å². The summed E-state index contributed by atoms with van der Waals surface area (Å²) in [6.07, 6.45) is 6.51. The third kappa shape index (κ3) is 10.0. The monoisotopic (exact) mass is 201 g/mol. The van der Waals surface area contributed by atoms with Crippen molar-refractivity contribution in [1.82, 2.24) is 4.90 Å². The zero-order valence-electron chi connectivity index (χ0n) is 9.58. The fourth-order valence-corrected chi connectivity index (χ4v) is 1.46. The molecule has 0 unspecified atom stereocenters. The van der Waals surface area contributed by atoms with Crippen molar-refractivity contribution < 1.29 is 10.0 Å². The van der Waals surface area contributed by atoms with Gasteiger partial charge < -0.3 is 14.9 Å². The van der Waals surface area contributed by atoms with E-state index >= 15 is 0 Å². The van der Waals surface area contributed by atoms with Gasteiger partial charge in [0.05, 0.1) is 0 Å². The second-order valence-corrected chi connectivity index (χ2v) is 3.99. The molecule has 0 amide bonds. The molecular weight excluding hydrogens is 177 g/mol. The molecule has 0 aromatic heterocycles. The Balaban J connectivity index is 3.15. The molecule has 2 N–H and O–H groups in total. The smallest absolute Gasteiger partial charge is 0.427 e. The van der Waals surface area contributed by atoms with Crippen LogP contribution in [0.25, 0.3) is 0 Å². The van der Waals surface area contributed by atoms with Crippen LogP contribution in [0.2, 0.25) is 6.32 Å². The summed E-state index contributed by atoms with van der Waals surface area (Å²) in [5, 5.41) is 17.3.